The highest BCUT2D eigenvalue weighted by molar-refractivity contribution is 5.67. The lowest BCUT2D eigenvalue weighted by atomic mass is 10.2. The Kier molecular flexibility index (Phi) is 8.01. The smallest absolute Gasteiger partial charge is 0.407 e. The summed E-state index contributed by atoms with van der Waals surface area (Å²) in [6.07, 6.45) is 0.932. The Morgan fingerprint density at radius 3 is 2.19 bits per heavy atom. The van der Waals surface area contributed by atoms with Crippen molar-refractivity contribution in [3.05, 3.63) is 0 Å². The summed E-state index contributed by atoms with van der Waals surface area (Å²) in [7, 11) is 0. The molecule has 0 aliphatic heterocycles. The number of unbranched alkanes of at least 4 members (excludes halogenated alkanes) is 2. The molecule has 0 fully saturated rings. The van der Waals surface area contributed by atoms with Gasteiger partial charge in [0, 0.05) is 13.1 Å². The minimum Gasteiger partial charge on any atom is -0.465 e. The predicted molar refractivity (Wildman–Crippen MR) is 59.5 cm³/mol. The van der Waals surface area contributed by atoms with Gasteiger partial charge in [-0.2, -0.15) is 0 Å². The molecule has 3 N–H and O–H groups in total. The van der Waals surface area contributed by atoms with Crippen molar-refractivity contribution in [2.75, 3.05) is 13.1 Å². The summed E-state index contributed by atoms with van der Waals surface area (Å²) in [6, 6.07) is 0. The number of ether oxygens (including phenoxy) is 1. The van der Waals surface area contributed by atoms with E-state index >= 15 is 0 Å². The van der Waals surface area contributed by atoms with Crippen molar-refractivity contribution < 1.29 is 19.4 Å². The Morgan fingerprint density at radius 2 is 1.69 bits per heavy atom. The third-order valence-electron chi connectivity index (χ3n) is 1.74. The molecule has 0 rings (SSSR count). The van der Waals surface area contributed by atoms with Crippen LogP contribution in [0.5, 0.6) is 0 Å². The monoisotopic (exact) mass is 232 g/mol. The summed E-state index contributed by atoms with van der Waals surface area (Å²) in [5, 5.41) is 13.2. The van der Waals surface area contributed by atoms with Gasteiger partial charge in [-0.05, 0) is 33.1 Å². The van der Waals surface area contributed by atoms with Crippen molar-refractivity contribution in [3.63, 3.8) is 0 Å². The second kappa shape index (κ2) is 8.82. The van der Waals surface area contributed by atoms with E-state index in [0.29, 0.717) is 13.1 Å². The highest BCUT2D eigenvalue weighted by Crippen LogP contribution is 1.93. The van der Waals surface area contributed by atoms with E-state index in [0.717, 1.165) is 19.3 Å². The van der Waals surface area contributed by atoms with Crippen LogP contribution in [0.3, 0.4) is 0 Å². The lowest BCUT2D eigenvalue weighted by Crippen LogP contribution is -2.27. The Bertz CT molecular complexity index is 219. The molecule has 0 atom stereocenters. The quantitative estimate of drug-likeness (QED) is 0.581. The number of nitrogens with one attached hydrogen (secondary N) is 2. The molecule has 94 valence electrons. The molecule has 0 aromatic rings. The van der Waals surface area contributed by atoms with Crippen molar-refractivity contribution in [3.8, 4) is 0 Å². The molecular weight excluding hydrogens is 212 g/mol. The zero-order valence-electron chi connectivity index (χ0n) is 9.78. The average Bonchev–Trinajstić information content (AvgIpc) is 2.14. The van der Waals surface area contributed by atoms with Crippen LogP contribution in [-0.4, -0.2) is 36.5 Å². The van der Waals surface area contributed by atoms with Gasteiger partial charge in [0.2, 0.25) is 0 Å². The van der Waals surface area contributed by atoms with Gasteiger partial charge in [0.05, 0.1) is 6.10 Å². The number of hydrogen-bond acceptors (Lipinski definition) is 3. The SMILES string of the molecule is CC(C)OC(=O)NCCCCCNC(=O)O. The first-order chi connectivity index (χ1) is 7.52. The van der Waals surface area contributed by atoms with Gasteiger partial charge in [-0.1, -0.05) is 0 Å². The number of carbonyl (C=O) groups is 2. The third-order valence-corrected chi connectivity index (χ3v) is 1.74. The maximum Gasteiger partial charge on any atom is 0.407 e. The molecule has 0 spiro atoms. The van der Waals surface area contributed by atoms with Crippen LogP contribution >= 0.6 is 0 Å². The summed E-state index contributed by atoms with van der Waals surface area (Å²) in [5.74, 6) is 0. The first-order valence-electron chi connectivity index (χ1n) is 5.43. The molecule has 0 saturated heterocycles. The van der Waals surface area contributed by atoms with E-state index in [-0.39, 0.29) is 6.10 Å². The first-order valence-corrected chi connectivity index (χ1v) is 5.43. The van der Waals surface area contributed by atoms with E-state index in [9.17, 15) is 9.59 Å². The average molecular weight is 232 g/mol. The van der Waals surface area contributed by atoms with E-state index in [1.54, 1.807) is 13.8 Å². The van der Waals surface area contributed by atoms with Crippen LogP contribution in [-0.2, 0) is 4.74 Å². The third kappa shape index (κ3) is 10.6. The predicted octanol–water partition coefficient (Wildman–Crippen LogP) is 1.56. The van der Waals surface area contributed by atoms with Crippen LogP contribution < -0.4 is 10.6 Å². The molecule has 0 aliphatic rings. The number of hydrogen-bond donors (Lipinski definition) is 3. The van der Waals surface area contributed by atoms with Gasteiger partial charge >= 0.3 is 12.2 Å². The molecule has 0 aromatic carbocycles. The Labute approximate surface area is 95.4 Å². The van der Waals surface area contributed by atoms with E-state index in [2.05, 4.69) is 10.6 Å². The highest BCUT2D eigenvalue weighted by Gasteiger charge is 2.02. The molecule has 0 unspecified atom stereocenters. The van der Waals surface area contributed by atoms with Crippen LogP contribution in [0.4, 0.5) is 9.59 Å². The molecule has 0 heterocycles. The summed E-state index contributed by atoms with van der Waals surface area (Å²) in [4.78, 5) is 21.1. The van der Waals surface area contributed by atoms with E-state index < -0.39 is 12.2 Å². The standard InChI is InChI=1S/C10H20N2O4/c1-8(2)16-10(15)12-7-5-3-4-6-11-9(13)14/h8,11H,3-7H2,1-2H3,(H,12,15)(H,13,14). The lowest BCUT2D eigenvalue weighted by molar-refractivity contribution is 0.115. The first kappa shape index (κ1) is 14.5. The van der Waals surface area contributed by atoms with E-state index in [4.69, 9.17) is 9.84 Å². The Hall–Kier alpha value is -1.46. The molecular formula is C10H20N2O4. The van der Waals surface area contributed by atoms with Crippen molar-refractivity contribution in [1.29, 1.82) is 0 Å². The maximum atomic E-state index is 11.0. The Morgan fingerprint density at radius 1 is 1.12 bits per heavy atom. The van der Waals surface area contributed by atoms with Crippen molar-refractivity contribution in [2.24, 2.45) is 0 Å². The van der Waals surface area contributed by atoms with Gasteiger partial charge in [-0.3, -0.25) is 0 Å². The molecule has 6 heteroatoms. The van der Waals surface area contributed by atoms with Crippen LogP contribution in [0.25, 0.3) is 0 Å². The van der Waals surface area contributed by atoms with E-state index in [1.807, 2.05) is 0 Å². The largest absolute Gasteiger partial charge is 0.465 e. The molecule has 0 bridgehead atoms. The summed E-state index contributed by atoms with van der Waals surface area (Å²) in [5.41, 5.74) is 0. The van der Waals surface area contributed by atoms with Crippen LogP contribution in [0, 0.1) is 0 Å². The number of carbonyl (C=O) groups excluding carboxylic acids is 1. The van der Waals surface area contributed by atoms with Crippen molar-refractivity contribution in [2.45, 2.75) is 39.2 Å². The van der Waals surface area contributed by atoms with E-state index in [1.165, 1.54) is 0 Å². The van der Waals surface area contributed by atoms with Crippen LogP contribution in [0.2, 0.25) is 0 Å². The van der Waals surface area contributed by atoms with Gasteiger partial charge < -0.3 is 20.5 Å². The Balaban J connectivity index is 3.20. The number of rotatable bonds is 7. The number of alkyl carbamates (subject to hydrolysis) is 1. The van der Waals surface area contributed by atoms with Gasteiger partial charge in [-0.15, -0.1) is 0 Å². The number of amides is 2. The van der Waals surface area contributed by atoms with Gasteiger partial charge in [0.1, 0.15) is 0 Å². The van der Waals surface area contributed by atoms with Gasteiger partial charge in [0.25, 0.3) is 0 Å². The topological polar surface area (TPSA) is 87.7 Å². The second-order valence-corrected chi connectivity index (χ2v) is 3.67. The van der Waals surface area contributed by atoms with Gasteiger partial charge in [0.15, 0.2) is 0 Å². The molecule has 0 radical (unpaired) electrons. The fourth-order valence-electron chi connectivity index (χ4n) is 1.07. The minimum atomic E-state index is -1.00. The summed E-state index contributed by atoms with van der Waals surface area (Å²) >= 11 is 0. The molecule has 2 amide bonds. The van der Waals surface area contributed by atoms with Gasteiger partial charge in [-0.25, -0.2) is 9.59 Å². The van der Waals surface area contributed by atoms with Crippen molar-refractivity contribution >= 4 is 12.2 Å². The lowest BCUT2D eigenvalue weighted by Gasteiger charge is -2.09. The zero-order chi connectivity index (χ0) is 12.4. The van der Waals surface area contributed by atoms with Crippen LogP contribution in [0.15, 0.2) is 0 Å². The molecule has 6 nitrogen and oxygen atoms in total. The molecule has 0 aromatic heterocycles. The second-order valence-electron chi connectivity index (χ2n) is 3.67. The number of carboxylic acid groups (broad SMARTS) is 1. The normalized spacial score (nSPS) is 9.94. The van der Waals surface area contributed by atoms with Crippen molar-refractivity contribution in [1.82, 2.24) is 10.6 Å². The molecule has 0 saturated carbocycles. The minimum absolute atomic E-state index is 0.111. The molecule has 0 aliphatic carbocycles. The molecule has 16 heavy (non-hydrogen) atoms. The highest BCUT2D eigenvalue weighted by atomic mass is 16.6. The summed E-state index contributed by atoms with van der Waals surface area (Å²) < 4.78 is 4.87. The van der Waals surface area contributed by atoms with Crippen LogP contribution in [0.1, 0.15) is 33.1 Å². The summed E-state index contributed by atoms with van der Waals surface area (Å²) in [6.45, 7) is 4.58. The fraction of sp³-hybridized carbons (Fsp3) is 0.800. The fourth-order valence-corrected chi connectivity index (χ4v) is 1.07. The zero-order valence-corrected chi connectivity index (χ0v) is 9.78. The maximum absolute atomic E-state index is 11.0.